The van der Waals surface area contributed by atoms with Crippen LogP contribution in [0, 0.1) is 11.8 Å². The molecule has 0 aliphatic carbocycles. The molecule has 2 saturated heterocycles. The molecule has 3 aliphatic rings. The highest BCUT2D eigenvalue weighted by Gasteiger charge is 2.70. The Hall–Kier alpha value is -2.71. The van der Waals surface area contributed by atoms with Gasteiger partial charge in [0, 0.05) is 28.3 Å². The van der Waals surface area contributed by atoms with Crippen molar-refractivity contribution in [3.8, 4) is 5.75 Å². The van der Waals surface area contributed by atoms with Gasteiger partial charge in [-0.3, -0.25) is 24.6 Å². The molecule has 0 aromatic heterocycles. The van der Waals surface area contributed by atoms with Crippen molar-refractivity contribution in [3.63, 3.8) is 0 Å². The number of aromatic hydroxyl groups is 1. The second-order valence-corrected chi connectivity index (χ2v) is 9.67. The van der Waals surface area contributed by atoms with E-state index in [1.165, 1.54) is 4.90 Å². The molecule has 4 unspecified atom stereocenters. The number of fused-ring (bicyclic) bond motifs is 4. The summed E-state index contributed by atoms with van der Waals surface area (Å²) in [6, 6.07) is 11.9. The number of phenolic OH excluding ortho intramolecular Hbond substituents is 1. The number of hydrogen-bond donors (Lipinski definition) is 3. The largest absolute Gasteiger partial charge is 0.508 e. The molecule has 3 N–H and O–H groups in total. The normalized spacial score (nSPS) is 28.4. The lowest BCUT2D eigenvalue weighted by Gasteiger charge is -2.29. The summed E-state index contributed by atoms with van der Waals surface area (Å²) in [4.78, 5) is 41.8. The maximum atomic E-state index is 13.6. The second-order valence-electron chi connectivity index (χ2n) is 8.76. The third kappa shape index (κ3) is 3.00. The molecule has 166 valence electrons. The van der Waals surface area contributed by atoms with Gasteiger partial charge in [0.05, 0.1) is 11.8 Å². The smallest absolute Gasteiger partial charge is 0.250 e. The molecule has 3 amide bonds. The van der Waals surface area contributed by atoms with Crippen molar-refractivity contribution < 1.29 is 19.5 Å². The Morgan fingerprint density at radius 3 is 2.56 bits per heavy atom. The molecule has 0 bridgehead atoms. The second kappa shape index (κ2) is 7.71. The fourth-order valence-electron chi connectivity index (χ4n) is 5.43. The number of imide groups is 1. The zero-order valence-corrected chi connectivity index (χ0v) is 19.2. The molecule has 7 nitrogen and oxygen atoms in total. The Bertz CT molecular complexity index is 1120. The Balaban J connectivity index is 1.61. The highest BCUT2D eigenvalue weighted by molar-refractivity contribution is 9.10. The Labute approximate surface area is 194 Å². The number of halogens is 1. The van der Waals surface area contributed by atoms with E-state index in [9.17, 15) is 19.5 Å². The van der Waals surface area contributed by atoms with Gasteiger partial charge in [0.25, 0.3) is 0 Å². The van der Waals surface area contributed by atoms with E-state index < -0.39 is 23.4 Å². The lowest BCUT2D eigenvalue weighted by Crippen LogP contribution is -2.53. The van der Waals surface area contributed by atoms with Crippen LogP contribution in [-0.2, 0) is 26.3 Å². The highest BCUT2D eigenvalue weighted by Crippen LogP contribution is 2.53. The summed E-state index contributed by atoms with van der Waals surface area (Å²) in [5.41, 5.74) is 0.968. The van der Waals surface area contributed by atoms with Crippen molar-refractivity contribution in [2.24, 2.45) is 11.8 Å². The molecule has 3 heterocycles. The molecule has 8 heteroatoms. The standard InChI is InChI=1S/C24H24BrN3O4/c1-2-3-10-28-21(30)19-18(11-13-4-7-15(29)8-5-13)27-24(20(19)22(28)31)16-12-14(25)6-9-17(16)26-23(24)32/h4-9,12,18-20,27,29H,2-3,10-11H2,1H3,(H,26,32). The van der Waals surface area contributed by atoms with Gasteiger partial charge >= 0.3 is 0 Å². The Morgan fingerprint density at radius 1 is 1.09 bits per heavy atom. The molecule has 1 spiro atoms. The fraction of sp³-hybridized carbons (Fsp3) is 0.375. The number of hydrogen-bond acceptors (Lipinski definition) is 5. The maximum Gasteiger partial charge on any atom is 0.250 e. The number of phenols is 1. The van der Waals surface area contributed by atoms with Crippen molar-refractivity contribution >= 4 is 39.3 Å². The van der Waals surface area contributed by atoms with Crippen LogP contribution in [0.15, 0.2) is 46.9 Å². The molecular weight excluding hydrogens is 474 g/mol. The average Bonchev–Trinajstić information content (AvgIpc) is 3.34. The number of unbranched alkanes of at least 4 members (excludes halogenated alkanes) is 1. The minimum atomic E-state index is -1.29. The first-order valence-corrected chi connectivity index (χ1v) is 11.7. The summed E-state index contributed by atoms with van der Waals surface area (Å²) in [7, 11) is 0. The zero-order chi connectivity index (χ0) is 22.6. The summed E-state index contributed by atoms with van der Waals surface area (Å²) >= 11 is 3.48. The third-order valence-electron chi connectivity index (χ3n) is 6.90. The summed E-state index contributed by atoms with van der Waals surface area (Å²) in [5, 5.41) is 16.0. The van der Waals surface area contributed by atoms with Crippen LogP contribution in [0.4, 0.5) is 5.69 Å². The number of rotatable bonds is 5. The van der Waals surface area contributed by atoms with Gasteiger partial charge in [0.1, 0.15) is 11.3 Å². The first-order chi connectivity index (χ1) is 15.4. The molecule has 0 saturated carbocycles. The predicted molar refractivity (Wildman–Crippen MR) is 122 cm³/mol. The van der Waals surface area contributed by atoms with Crippen LogP contribution in [0.25, 0.3) is 0 Å². The number of benzene rings is 2. The lowest BCUT2D eigenvalue weighted by molar-refractivity contribution is -0.142. The minimum Gasteiger partial charge on any atom is -0.508 e. The fourth-order valence-corrected chi connectivity index (χ4v) is 5.79. The van der Waals surface area contributed by atoms with Crippen LogP contribution in [0.2, 0.25) is 0 Å². The van der Waals surface area contributed by atoms with Crippen molar-refractivity contribution in [3.05, 3.63) is 58.1 Å². The number of nitrogens with zero attached hydrogens (tertiary/aromatic N) is 1. The number of likely N-dealkylation sites (tertiary alicyclic amines) is 1. The number of anilines is 1. The molecular formula is C24H24BrN3O4. The molecule has 3 aliphatic heterocycles. The van der Waals surface area contributed by atoms with E-state index >= 15 is 0 Å². The van der Waals surface area contributed by atoms with E-state index in [4.69, 9.17) is 0 Å². The molecule has 4 atom stereocenters. The highest BCUT2D eigenvalue weighted by atomic mass is 79.9. The van der Waals surface area contributed by atoms with Gasteiger partial charge in [-0.1, -0.05) is 41.4 Å². The van der Waals surface area contributed by atoms with Gasteiger partial charge < -0.3 is 10.4 Å². The molecule has 2 fully saturated rings. The van der Waals surface area contributed by atoms with E-state index in [-0.39, 0.29) is 23.5 Å². The van der Waals surface area contributed by atoms with E-state index in [1.807, 2.05) is 25.1 Å². The van der Waals surface area contributed by atoms with Gasteiger partial charge in [-0.15, -0.1) is 0 Å². The maximum absolute atomic E-state index is 13.6. The average molecular weight is 498 g/mol. The van der Waals surface area contributed by atoms with E-state index in [1.54, 1.807) is 24.3 Å². The van der Waals surface area contributed by atoms with Gasteiger partial charge in [-0.05, 0) is 48.7 Å². The summed E-state index contributed by atoms with van der Waals surface area (Å²) < 4.78 is 0.798. The quantitative estimate of drug-likeness (QED) is 0.551. The summed E-state index contributed by atoms with van der Waals surface area (Å²) in [6.07, 6.45) is 2.05. The lowest BCUT2D eigenvalue weighted by atomic mass is 9.76. The molecule has 2 aromatic carbocycles. The van der Waals surface area contributed by atoms with Crippen molar-refractivity contribution in [2.75, 3.05) is 11.9 Å². The monoisotopic (exact) mass is 497 g/mol. The van der Waals surface area contributed by atoms with Crippen molar-refractivity contribution in [2.45, 2.75) is 37.8 Å². The van der Waals surface area contributed by atoms with Gasteiger partial charge in [-0.25, -0.2) is 0 Å². The molecule has 2 aromatic rings. The van der Waals surface area contributed by atoms with E-state index in [0.717, 1.165) is 22.9 Å². The minimum absolute atomic E-state index is 0.161. The van der Waals surface area contributed by atoms with Gasteiger partial charge in [0.2, 0.25) is 17.7 Å². The van der Waals surface area contributed by atoms with Crippen molar-refractivity contribution in [1.82, 2.24) is 10.2 Å². The van der Waals surface area contributed by atoms with Crippen molar-refractivity contribution in [1.29, 1.82) is 0 Å². The number of carbonyl (C=O) groups is 3. The van der Waals surface area contributed by atoms with Crippen LogP contribution in [0.1, 0.15) is 30.9 Å². The van der Waals surface area contributed by atoms with E-state index in [2.05, 4.69) is 26.6 Å². The van der Waals surface area contributed by atoms with Crippen LogP contribution < -0.4 is 10.6 Å². The summed E-state index contributed by atoms with van der Waals surface area (Å²) in [6.45, 7) is 2.39. The molecule has 5 rings (SSSR count). The Morgan fingerprint density at radius 2 is 1.84 bits per heavy atom. The predicted octanol–water partition coefficient (Wildman–Crippen LogP) is 2.92. The Kier molecular flexibility index (Phi) is 5.09. The first kappa shape index (κ1) is 21.2. The zero-order valence-electron chi connectivity index (χ0n) is 17.6. The number of carbonyl (C=O) groups excluding carboxylic acids is 3. The van der Waals surface area contributed by atoms with Crippen LogP contribution in [0.5, 0.6) is 5.75 Å². The van der Waals surface area contributed by atoms with Crippen LogP contribution >= 0.6 is 15.9 Å². The van der Waals surface area contributed by atoms with Crippen LogP contribution in [0.3, 0.4) is 0 Å². The third-order valence-corrected chi connectivity index (χ3v) is 7.39. The van der Waals surface area contributed by atoms with E-state index in [0.29, 0.717) is 24.2 Å². The van der Waals surface area contributed by atoms with Crippen LogP contribution in [-0.4, -0.2) is 40.3 Å². The first-order valence-electron chi connectivity index (χ1n) is 10.9. The number of amides is 3. The molecule has 0 radical (unpaired) electrons. The molecule has 32 heavy (non-hydrogen) atoms. The number of nitrogens with one attached hydrogen (secondary N) is 2. The van der Waals surface area contributed by atoms with Gasteiger partial charge in [0.15, 0.2) is 0 Å². The SMILES string of the molecule is CCCCN1C(=O)C2C(Cc3ccc(O)cc3)NC3(C(=O)Nc4ccc(Br)cc43)C2C1=O. The van der Waals surface area contributed by atoms with Gasteiger partial charge in [-0.2, -0.15) is 0 Å². The summed E-state index contributed by atoms with van der Waals surface area (Å²) in [5.74, 6) is -2.06. The topological polar surface area (TPSA) is 98.7 Å².